The van der Waals surface area contributed by atoms with Gasteiger partial charge in [0.15, 0.2) is 16.2 Å². The van der Waals surface area contributed by atoms with Crippen molar-refractivity contribution in [3.05, 3.63) is 35.9 Å². The van der Waals surface area contributed by atoms with Gasteiger partial charge in [0, 0.05) is 5.56 Å². The maximum absolute atomic E-state index is 13.5. The van der Waals surface area contributed by atoms with Crippen molar-refractivity contribution in [2.24, 2.45) is 0 Å². The van der Waals surface area contributed by atoms with E-state index in [1.165, 1.54) is 17.4 Å². The predicted octanol–water partition coefficient (Wildman–Crippen LogP) is 3.33. The standard InChI is InChI=1S/C15H9F3N6O2S2/c16-15(17,18)8-5-4-6(7-2-1-3-9-11(7)20-14(19)27-9)10(12(8)28(25)26)13-21-23-24-22-13/h1-5H,(H2,19,20)(H,25,26)(H,21,22,23,24). The van der Waals surface area contributed by atoms with Crippen LogP contribution in [0.5, 0.6) is 0 Å². The van der Waals surface area contributed by atoms with Gasteiger partial charge < -0.3 is 10.3 Å². The molecule has 4 rings (SSSR count). The Morgan fingerprint density at radius 1 is 1.18 bits per heavy atom. The number of aromatic amines is 1. The summed E-state index contributed by atoms with van der Waals surface area (Å²) in [5.41, 5.74) is 5.30. The summed E-state index contributed by atoms with van der Waals surface area (Å²) in [5.74, 6) is -0.251. The van der Waals surface area contributed by atoms with Gasteiger partial charge in [0.1, 0.15) is 0 Å². The van der Waals surface area contributed by atoms with Crippen LogP contribution in [0.1, 0.15) is 5.56 Å². The lowest BCUT2D eigenvalue weighted by molar-refractivity contribution is -0.139. The molecule has 1 unspecified atom stereocenters. The third kappa shape index (κ3) is 3.02. The Morgan fingerprint density at radius 3 is 2.61 bits per heavy atom. The normalized spacial score (nSPS) is 13.1. The number of halogens is 3. The Labute approximate surface area is 160 Å². The lowest BCUT2D eigenvalue weighted by Gasteiger charge is -2.16. The molecule has 0 radical (unpaired) electrons. The highest BCUT2D eigenvalue weighted by molar-refractivity contribution is 7.79. The van der Waals surface area contributed by atoms with E-state index in [2.05, 4.69) is 25.6 Å². The third-order valence-electron chi connectivity index (χ3n) is 3.93. The van der Waals surface area contributed by atoms with E-state index in [4.69, 9.17) is 5.73 Å². The number of tetrazole rings is 1. The van der Waals surface area contributed by atoms with Crippen LogP contribution in [-0.2, 0) is 17.3 Å². The molecule has 0 saturated heterocycles. The minimum atomic E-state index is -4.86. The summed E-state index contributed by atoms with van der Waals surface area (Å²) in [7, 11) is 0. The zero-order valence-electron chi connectivity index (χ0n) is 13.6. The molecule has 0 amide bonds. The predicted molar refractivity (Wildman–Crippen MR) is 96.7 cm³/mol. The summed E-state index contributed by atoms with van der Waals surface area (Å²) in [4.78, 5) is 3.37. The first-order chi connectivity index (χ1) is 13.3. The highest BCUT2D eigenvalue weighted by Gasteiger charge is 2.38. The molecule has 1 atom stereocenters. The number of para-hydroxylation sites is 1. The molecule has 4 N–H and O–H groups in total. The van der Waals surface area contributed by atoms with Crippen molar-refractivity contribution in [1.29, 1.82) is 0 Å². The van der Waals surface area contributed by atoms with E-state index in [1.54, 1.807) is 18.2 Å². The van der Waals surface area contributed by atoms with Crippen LogP contribution in [0.3, 0.4) is 0 Å². The fourth-order valence-electron chi connectivity index (χ4n) is 2.88. The minimum Gasteiger partial charge on any atom is -0.375 e. The van der Waals surface area contributed by atoms with Crippen LogP contribution in [-0.4, -0.2) is 34.4 Å². The molecule has 13 heteroatoms. The summed E-state index contributed by atoms with van der Waals surface area (Å²) in [6.45, 7) is 0. The molecule has 8 nitrogen and oxygen atoms in total. The van der Waals surface area contributed by atoms with E-state index in [1.807, 2.05) is 0 Å². The van der Waals surface area contributed by atoms with Crippen molar-refractivity contribution in [2.75, 3.05) is 5.73 Å². The minimum absolute atomic E-state index is 0.197. The number of nitrogens with one attached hydrogen (secondary N) is 1. The van der Waals surface area contributed by atoms with Gasteiger partial charge in [-0.15, -0.1) is 10.2 Å². The number of hydrogen-bond donors (Lipinski definition) is 3. The van der Waals surface area contributed by atoms with Gasteiger partial charge in [-0.3, -0.25) is 0 Å². The highest BCUT2D eigenvalue weighted by Crippen LogP contribution is 2.44. The summed E-state index contributed by atoms with van der Waals surface area (Å²) in [6, 6.07) is 7.00. The summed E-state index contributed by atoms with van der Waals surface area (Å²) in [5, 5.41) is 13.2. The van der Waals surface area contributed by atoms with E-state index in [0.717, 1.165) is 6.07 Å². The van der Waals surface area contributed by atoms with E-state index >= 15 is 0 Å². The number of fused-ring (bicyclic) bond motifs is 1. The van der Waals surface area contributed by atoms with Gasteiger partial charge in [0.25, 0.3) is 0 Å². The Balaban J connectivity index is 2.14. The molecule has 2 aromatic heterocycles. The van der Waals surface area contributed by atoms with Gasteiger partial charge in [-0.05, 0) is 22.9 Å². The Hall–Kier alpha value is -2.90. The monoisotopic (exact) mass is 426 g/mol. The summed E-state index contributed by atoms with van der Waals surface area (Å²) >= 11 is -1.77. The Kier molecular flexibility index (Phi) is 4.36. The summed E-state index contributed by atoms with van der Waals surface area (Å²) < 4.78 is 62.8. The van der Waals surface area contributed by atoms with Crippen LogP contribution in [0.2, 0.25) is 0 Å². The number of thiazole rings is 1. The highest BCUT2D eigenvalue weighted by atomic mass is 32.2. The van der Waals surface area contributed by atoms with Gasteiger partial charge in [0.05, 0.1) is 26.2 Å². The lowest BCUT2D eigenvalue weighted by atomic mass is 9.95. The molecular weight excluding hydrogens is 417 g/mol. The van der Waals surface area contributed by atoms with Crippen molar-refractivity contribution in [2.45, 2.75) is 11.1 Å². The number of nitrogens with two attached hydrogens (primary N) is 1. The van der Waals surface area contributed by atoms with Crippen LogP contribution in [0.4, 0.5) is 18.3 Å². The topological polar surface area (TPSA) is 131 Å². The van der Waals surface area contributed by atoms with E-state index < -0.39 is 27.7 Å². The fourth-order valence-corrected chi connectivity index (χ4v) is 4.39. The lowest BCUT2D eigenvalue weighted by Crippen LogP contribution is -2.12. The van der Waals surface area contributed by atoms with Gasteiger partial charge >= 0.3 is 6.18 Å². The van der Waals surface area contributed by atoms with Gasteiger partial charge in [-0.2, -0.15) is 18.4 Å². The second-order valence-electron chi connectivity index (χ2n) is 5.55. The molecule has 144 valence electrons. The van der Waals surface area contributed by atoms with Gasteiger partial charge in [0.2, 0.25) is 5.82 Å². The molecule has 4 aromatic rings. The first kappa shape index (κ1) is 18.5. The number of hydrogen-bond acceptors (Lipinski definition) is 7. The number of nitrogen functional groups attached to an aromatic ring is 1. The first-order valence-corrected chi connectivity index (χ1v) is 9.44. The number of aromatic nitrogens is 5. The number of H-pyrrole nitrogens is 1. The van der Waals surface area contributed by atoms with E-state index in [9.17, 15) is 21.9 Å². The number of nitrogens with zero attached hydrogens (tertiary/aromatic N) is 4. The van der Waals surface area contributed by atoms with Crippen molar-refractivity contribution >= 4 is 37.8 Å². The molecule has 0 aliphatic rings. The van der Waals surface area contributed by atoms with Crippen LogP contribution in [0, 0.1) is 0 Å². The van der Waals surface area contributed by atoms with Gasteiger partial charge in [-0.1, -0.05) is 29.5 Å². The van der Waals surface area contributed by atoms with Crippen molar-refractivity contribution in [1.82, 2.24) is 25.6 Å². The van der Waals surface area contributed by atoms with Gasteiger partial charge in [-0.25, -0.2) is 9.19 Å². The number of benzene rings is 2. The maximum Gasteiger partial charge on any atom is 0.417 e. The van der Waals surface area contributed by atoms with Crippen LogP contribution >= 0.6 is 11.3 Å². The molecule has 0 saturated carbocycles. The molecule has 0 bridgehead atoms. The van der Waals surface area contributed by atoms with Crippen LogP contribution < -0.4 is 5.73 Å². The summed E-state index contributed by atoms with van der Waals surface area (Å²) in [6.07, 6.45) is -4.86. The second-order valence-corrected chi connectivity index (χ2v) is 7.52. The molecular formula is C15H9F3N6O2S2. The zero-order valence-corrected chi connectivity index (χ0v) is 15.2. The largest absolute Gasteiger partial charge is 0.417 e. The van der Waals surface area contributed by atoms with E-state index in [-0.39, 0.29) is 22.1 Å². The number of anilines is 1. The number of rotatable bonds is 3. The van der Waals surface area contributed by atoms with Crippen molar-refractivity contribution in [3.8, 4) is 22.5 Å². The van der Waals surface area contributed by atoms with E-state index in [0.29, 0.717) is 15.8 Å². The number of alkyl halides is 3. The third-order valence-corrected chi connectivity index (χ3v) is 5.56. The maximum atomic E-state index is 13.5. The Morgan fingerprint density at radius 2 is 1.96 bits per heavy atom. The van der Waals surface area contributed by atoms with Crippen molar-refractivity contribution in [3.63, 3.8) is 0 Å². The average Bonchev–Trinajstić information content (AvgIpc) is 3.27. The van der Waals surface area contributed by atoms with Crippen LogP contribution in [0.15, 0.2) is 35.2 Å². The molecule has 2 heterocycles. The quantitative estimate of drug-likeness (QED) is 0.428. The average molecular weight is 426 g/mol. The molecule has 28 heavy (non-hydrogen) atoms. The molecule has 0 aliphatic heterocycles. The fraction of sp³-hybridized carbons (Fsp3) is 0.0667. The SMILES string of the molecule is Nc1nc2c(-c3ccc(C(F)(F)F)c(S(=O)O)c3-c3nn[nH]n3)cccc2s1. The first-order valence-electron chi connectivity index (χ1n) is 7.51. The molecule has 2 aromatic carbocycles. The molecule has 0 aliphatic carbocycles. The smallest absolute Gasteiger partial charge is 0.375 e. The second kappa shape index (κ2) is 6.61. The molecule has 0 spiro atoms. The van der Waals surface area contributed by atoms with Crippen molar-refractivity contribution < 1.29 is 21.9 Å². The Bertz CT molecular complexity index is 1210. The molecule has 0 fully saturated rings. The van der Waals surface area contributed by atoms with Crippen LogP contribution in [0.25, 0.3) is 32.7 Å². The zero-order chi connectivity index (χ0) is 20.1.